The third-order valence-electron chi connectivity index (χ3n) is 2.18. The zero-order chi connectivity index (χ0) is 10.4. The molecule has 3 N–H and O–H groups in total. The van der Waals surface area contributed by atoms with E-state index in [0.29, 0.717) is 19.0 Å². The predicted octanol–water partition coefficient (Wildman–Crippen LogP) is 0.938. The smallest absolute Gasteiger partial charge is 0.324 e. The van der Waals surface area contributed by atoms with Crippen LogP contribution in [0.1, 0.15) is 26.2 Å². The number of rotatable bonds is 4. The van der Waals surface area contributed by atoms with E-state index in [1.54, 1.807) is 0 Å². The average Bonchev–Trinajstić information content (AvgIpc) is 2.59. The Hall–Kier alpha value is -0.970. The minimum atomic E-state index is -0.125. The van der Waals surface area contributed by atoms with E-state index in [1.807, 2.05) is 0 Å². The number of nitrogens with one attached hydrogen (secondary N) is 1. The first-order chi connectivity index (χ1) is 6.75. The molecule has 0 saturated heterocycles. The minimum Gasteiger partial charge on any atom is -0.369 e. The summed E-state index contributed by atoms with van der Waals surface area (Å²) in [6, 6.07) is -0.125. The van der Waals surface area contributed by atoms with Gasteiger partial charge in [-0.3, -0.25) is 9.89 Å². The first kappa shape index (κ1) is 14.0. The number of hydrogen-bond donors (Lipinski definition) is 2. The Balaban J connectivity index is 0.00000196. The Bertz CT molecular complexity index is 232. The molecular formula is C9H19ClN4O. The third kappa shape index (κ3) is 4.38. The second kappa shape index (κ2) is 7.34. The van der Waals surface area contributed by atoms with Gasteiger partial charge in [0.05, 0.1) is 13.1 Å². The molecule has 1 heterocycles. The van der Waals surface area contributed by atoms with Crippen LogP contribution in [0.2, 0.25) is 0 Å². The van der Waals surface area contributed by atoms with Crippen molar-refractivity contribution in [3.63, 3.8) is 0 Å². The van der Waals surface area contributed by atoms with Gasteiger partial charge in [-0.05, 0) is 6.42 Å². The Labute approximate surface area is 96.5 Å². The van der Waals surface area contributed by atoms with Crippen LogP contribution in [-0.2, 0) is 0 Å². The molecule has 2 amide bonds. The number of nitrogens with two attached hydrogens (primary N) is 1. The lowest BCUT2D eigenvalue weighted by Gasteiger charge is -2.15. The summed E-state index contributed by atoms with van der Waals surface area (Å²) in [5.74, 6) is 0.331. The molecule has 1 rings (SSSR count). The number of urea groups is 1. The van der Waals surface area contributed by atoms with E-state index in [1.165, 1.54) is 4.90 Å². The number of hydrogen-bond acceptors (Lipinski definition) is 3. The lowest BCUT2D eigenvalue weighted by atomic mass is 10.2. The van der Waals surface area contributed by atoms with Gasteiger partial charge in [-0.15, -0.1) is 12.4 Å². The number of guanidine groups is 1. The zero-order valence-electron chi connectivity index (χ0n) is 9.03. The molecule has 0 radical (unpaired) electrons. The molecule has 0 fully saturated rings. The van der Waals surface area contributed by atoms with E-state index >= 15 is 0 Å². The number of aliphatic imine (C=N–C) groups is 1. The van der Waals surface area contributed by atoms with Crippen molar-refractivity contribution in [1.29, 1.82) is 0 Å². The quantitative estimate of drug-likeness (QED) is 0.711. The van der Waals surface area contributed by atoms with Crippen molar-refractivity contribution in [2.45, 2.75) is 26.2 Å². The molecule has 0 aliphatic carbocycles. The van der Waals surface area contributed by atoms with Gasteiger partial charge in [0.15, 0.2) is 5.96 Å². The van der Waals surface area contributed by atoms with Crippen LogP contribution in [0.15, 0.2) is 4.99 Å². The standard InChI is InChI=1S/C9H18N4O.ClH/c1-2-3-4-5-12-9(14)13-7-6-11-8(13)10;/h2-7H2,1H3,(H2,10,11)(H,12,14);1H. The van der Waals surface area contributed by atoms with E-state index in [4.69, 9.17) is 5.73 Å². The highest BCUT2D eigenvalue weighted by atomic mass is 35.5. The molecule has 0 aromatic carbocycles. The lowest BCUT2D eigenvalue weighted by Crippen LogP contribution is -2.45. The molecule has 0 saturated carbocycles. The molecular weight excluding hydrogens is 216 g/mol. The average molecular weight is 235 g/mol. The minimum absolute atomic E-state index is 0. The summed E-state index contributed by atoms with van der Waals surface area (Å²) in [5.41, 5.74) is 5.53. The molecule has 1 aliphatic rings. The van der Waals surface area contributed by atoms with Gasteiger partial charge in [-0.2, -0.15) is 0 Å². The molecule has 0 spiro atoms. The summed E-state index contributed by atoms with van der Waals surface area (Å²) in [7, 11) is 0. The van der Waals surface area contributed by atoms with Crippen LogP contribution < -0.4 is 11.1 Å². The molecule has 15 heavy (non-hydrogen) atoms. The van der Waals surface area contributed by atoms with Gasteiger partial charge in [0.25, 0.3) is 0 Å². The fraction of sp³-hybridized carbons (Fsp3) is 0.778. The van der Waals surface area contributed by atoms with Gasteiger partial charge in [-0.1, -0.05) is 19.8 Å². The molecule has 1 aliphatic heterocycles. The Morgan fingerprint density at radius 3 is 2.87 bits per heavy atom. The Kier molecular flexibility index (Phi) is 6.86. The highest BCUT2D eigenvalue weighted by molar-refractivity contribution is 5.96. The van der Waals surface area contributed by atoms with E-state index < -0.39 is 0 Å². The van der Waals surface area contributed by atoms with Crippen molar-refractivity contribution in [3.05, 3.63) is 0 Å². The first-order valence-corrected chi connectivity index (χ1v) is 5.11. The molecule has 6 heteroatoms. The topological polar surface area (TPSA) is 70.7 Å². The maximum atomic E-state index is 11.5. The molecule has 0 aromatic rings. The Morgan fingerprint density at radius 1 is 1.60 bits per heavy atom. The van der Waals surface area contributed by atoms with Crippen molar-refractivity contribution in [2.24, 2.45) is 10.7 Å². The van der Waals surface area contributed by atoms with Crippen molar-refractivity contribution in [2.75, 3.05) is 19.6 Å². The van der Waals surface area contributed by atoms with Crippen molar-refractivity contribution in [3.8, 4) is 0 Å². The lowest BCUT2D eigenvalue weighted by molar-refractivity contribution is 0.223. The van der Waals surface area contributed by atoms with Gasteiger partial charge < -0.3 is 11.1 Å². The van der Waals surface area contributed by atoms with Crippen LogP contribution in [0.25, 0.3) is 0 Å². The van der Waals surface area contributed by atoms with Crippen LogP contribution in [0.5, 0.6) is 0 Å². The van der Waals surface area contributed by atoms with Crippen LogP contribution in [0, 0.1) is 0 Å². The largest absolute Gasteiger partial charge is 0.369 e. The summed E-state index contributed by atoms with van der Waals surface area (Å²) in [4.78, 5) is 16.9. The number of carbonyl (C=O) groups is 1. The number of unbranched alkanes of at least 4 members (excludes halogenated alkanes) is 2. The molecule has 5 nitrogen and oxygen atoms in total. The van der Waals surface area contributed by atoms with Gasteiger partial charge in [-0.25, -0.2) is 4.79 Å². The van der Waals surface area contributed by atoms with Crippen molar-refractivity contribution < 1.29 is 4.79 Å². The van der Waals surface area contributed by atoms with E-state index in [2.05, 4.69) is 17.2 Å². The highest BCUT2D eigenvalue weighted by Crippen LogP contribution is 1.98. The summed E-state index contributed by atoms with van der Waals surface area (Å²) >= 11 is 0. The van der Waals surface area contributed by atoms with Gasteiger partial charge in [0.1, 0.15) is 0 Å². The molecule has 88 valence electrons. The number of carbonyl (C=O) groups excluding carboxylic acids is 1. The number of amides is 2. The molecule has 0 unspecified atom stereocenters. The fourth-order valence-electron chi connectivity index (χ4n) is 1.34. The fourth-order valence-corrected chi connectivity index (χ4v) is 1.34. The van der Waals surface area contributed by atoms with Crippen molar-refractivity contribution in [1.82, 2.24) is 10.2 Å². The van der Waals surface area contributed by atoms with Crippen LogP contribution in [0.3, 0.4) is 0 Å². The normalized spacial score (nSPS) is 14.5. The molecule has 0 aromatic heterocycles. The van der Waals surface area contributed by atoms with E-state index in [9.17, 15) is 4.79 Å². The van der Waals surface area contributed by atoms with Crippen molar-refractivity contribution >= 4 is 24.4 Å². The molecule has 0 atom stereocenters. The summed E-state index contributed by atoms with van der Waals surface area (Å²) < 4.78 is 0. The van der Waals surface area contributed by atoms with Gasteiger partial charge in [0.2, 0.25) is 0 Å². The Morgan fingerprint density at radius 2 is 2.33 bits per heavy atom. The zero-order valence-corrected chi connectivity index (χ0v) is 9.85. The predicted molar refractivity (Wildman–Crippen MR) is 63.4 cm³/mol. The SMILES string of the molecule is CCCCCNC(=O)N1CCN=C1N.Cl. The van der Waals surface area contributed by atoms with Gasteiger partial charge >= 0.3 is 6.03 Å². The summed E-state index contributed by atoms with van der Waals surface area (Å²) in [5, 5.41) is 2.82. The summed E-state index contributed by atoms with van der Waals surface area (Å²) in [6.07, 6.45) is 3.32. The number of nitrogens with zero attached hydrogens (tertiary/aromatic N) is 2. The summed E-state index contributed by atoms with van der Waals surface area (Å²) in [6.45, 7) is 4.07. The van der Waals surface area contributed by atoms with E-state index in [0.717, 1.165) is 25.8 Å². The monoisotopic (exact) mass is 234 g/mol. The van der Waals surface area contributed by atoms with Crippen LogP contribution in [0.4, 0.5) is 4.79 Å². The molecule has 0 bridgehead atoms. The third-order valence-corrected chi connectivity index (χ3v) is 2.18. The second-order valence-electron chi connectivity index (χ2n) is 3.33. The second-order valence-corrected chi connectivity index (χ2v) is 3.33. The number of halogens is 1. The first-order valence-electron chi connectivity index (χ1n) is 5.11. The van der Waals surface area contributed by atoms with Crippen LogP contribution >= 0.6 is 12.4 Å². The van der Waals surface area contributed by atoms with Gasteiger partial charge in [0, 0.05) is 6.54 Å². The van der Waals surface area contributed by atoms with Crippen LogP contribution in [-0.4, -0.2) is 36.5 Å². The van der Waals surface area contributed by atoms with E-state index in [-0.39, 0.29) is 18.4 Å². The maximum Gasteiger partial charge on any atom is 0.324 e. The maximum absolute atomic E-state index is 11.5. The highest BCUT2D eigenvalue weighted by Gasteiger charge is 2.20.